The summed E-state index contributed by atoms with van der Waals surface area (Å²) >= 11 is 5.85. The molecule has 0 amide bonds. The topological polar surface area (TPSA) is 26.3 Å². The van der Waals surface area contributed by atoms with E-state index in [2.05, 4.69) is 0 Å². The second-order valence-electron chi connectivity index (χ2n) is 4.28. The number of hydrogen-bond acceptors (Lipinski definition) is 2. The van der Waals surface area contributed by atoms with Gasteiger partial charge in [-0.25, -0.2) is 0 Å². The van der Waals surface area contributed by atoms with Crippen molar-refractivity contribution in [2.45, 2.75) is 25.2 Å². The Bertz CT molecular complexity index is 368. The van der Waals surface area contributed by atoms with Crippen molar-refractivity contribution in [3.63, 3.8) is 0 Å². The SMILES string of the molecule is COC(=O)C[C@H](c1ccc(Cl)cc1)C1CC1. The van der Waals surface area contributed by atoms with Crippen LogP contribution in [0.15, 0.2) is 24.3 Å². The molecular formula is C13H15ClO2. The van der Waals surface area contributed by atoms with E-state index in [1.165, 1.54) is 25.5 Å². The predicted molar refractivity (Wildman–Crippen MR) is 63.6 cm³/mol. The van der Waals surface area contributed by atoms with Crippen molar-refractivity contribution >= 4 is 17.6 Å². The second-order valence-corrected chi connectivity index (χ2v) is 4.71. The van der Waals surface area contributed by atoms with Crippen LogP contribution in [0.5, 0.6) is 0 Å². The maximum atomic E-state index is 11.3. The highest BCUT2D eigenvalue weighted by Gasteiger charge is 2.33. The third-order valence-electron chi connectivity index (χ3n) is 3.10. The van der Waals surface area contributed by atoms with Gasteiger partial charge in [0, 0.05) is 5.02 Å². The van der Waals surface area contributed by atoms with Crippen molar-refractivity contribution < 1.29 is 9.53 Å². The minimum Gasteiger partial charge on any atom is -0.469 e. The number of rotatable bonds is 4. The van der Waals surface area contributed by atoms with Crippen molar-refractivity contribution in [1.29, 1.82) is 0 Å². The van der Waals surface area contributed by atoms with Gasteiger partial charge in [0.05, 0.1) is 13.5 Å². The number of benzene rings is 1. The summed E-state index contributed by atoms with van der Waals surface area (Å²) in [5.41, 5.74) is 1.19. The van der Waals surface area contributed by atoms with Crippen LogP contribution in [0.2, 0.25) is 5.02 Å². The van der Waals surface area contributed by atoms with Gasteiger partial charge in [-0.05, 0) is 42.4 Å². The molecule has 86 valence electrons. The van der Waals surface area contributed by atoms with Crippen LogP contribution in [0.3, 0.4) is 0 Å². The van der Waals surface area contributed by atoms with E-state index in [0.717, 1.165) is 5.02 Å². The lowest BCUT2D eigenvalue weighted by atomic mass is 9.91. The van der Waals surface area contributed by atoms with Gasteiger partial charge in [0.15, 0.2) is 0 Å². The first-order valence-corrected chi connectivity index (χ1v) is 5.91. The van der Waals surface area contributed by atoms with Gasteiger partial charge in [0.1, 0.15) is 0 Å². The first-order chi connectivity index (χ1) is 7.70. The van der Waals surface area contributed by atoms with Crippen LogP contribution in [0.1, 0.15) is 30.7 Å². The molecule has 2 nitrogen and oxygen atoms in total. The Kier molecular flexibility index (Phi) is 3.49. The molecule has 0 unspecified atom stereocenters. The summed E-state index contributed by atoms with van der Waals surface area (Å²) in [6, 6.07) is 7.77. The van der Waals surface area contributed by atoms with E-state index in [0.29, 0.717) is 18.3 Å². The van der Waals surface area contributed by atoms with Crippen LogP contribution in [0.4, 0.5) is 0 Å². The third-order valence-corrected chi connectivity index (χ3v) is 3.36. The lowest BCUT2D eigenvalue weighted by Gasteiger charge is -2.15. The molecule has 1 fully saturated rings. The number of carbonyl (C=O) groups is 1. The van der Waals surface area contributed by atoms with Crippen LogP contribution in [-0.2, 0) is 9.53 Å². The van der Waals surface area contributed by atoms with Gasteiger partial charge >= 0.3 is 5.97 Å². The summed E-state index contributed by atoms with van der Waals surface area (Å²) in [4.78, 5) is 11.3. The van der Waals surface area contributed by atoms with Crippen molar-refractivity contribution in [2.75, 3.05) is 7.11 Å². The molecule has 16 heavy (non-hydrogen) atoms. The first kappa shape index (κ1) is 11.5. The monoisotopic (exact) mass is 238 g/mol. The molecule has 0 aliphatic heterocycles. The molecule has 0 heterocycles. The third kappa shape index (κ3) is 2.76. The van der Waals surface area contributed by atoms with Gasteiger partial charge in [-0.3, -0.25) is 4.79 Å². The Hall–Kier alpha value is -1.02. The van der Waals surface area contributed by atoms with Crippen LogP contribution in [0, 0.1) is 5.92 Å². The van der Waals surface area contributed by atoms with E-state index < -0.39 is 0 Å². The smallest absolute Gasteiger partial charge is 0.306 e. The van der Waals surface area contributed by atoms with Gasteiger partial charge in [-0.15, -0.1) is 0 Å². The molecule has 0 N–H and O–H groups in total. The fourth-order valence-electron chi connectivity index (χ4n) is 2.03. The number of carbonyl (C=O) groups excluding carboxylic acids is 1. The largest absolute Gasteiger partial charge is 0.469 e. The summed E-state index contributed by atoms with van der Waals surface area (Å²) in [5.74, 6) is 0.803. The molecule has 0 bridgehead atoms. The van der Waals surface area contributed by atoms with Crippen LogP contribution in [-0.4, -0.2) is 13.1 Å². The molecule has 2 rings (SSSR count). The van der Waals surface area contributed by atoms with Crippen molar-refractivity contribution in [3.8, 4) is 0 Å². The number of methoxy groups -OCH3 is 1. The fourth-order valence-corrected chi connectivity index (χ4v) is 2.15. The van der Waals surface area contributed by atoms with Crippen LogP contribution in [0.25, 0.3) is 0 Å². The summed E-state index contributed by atoms with van der Waals surface area (Å²) in [6.45, 7) is 0. The van der Waals surface area contributed by atoms with E-state index in [9.17, 15) is 4.79 Å². The average molecular weight is 239 g/mol. The van der Waals surface area contributed by atoms with Crippen molar-refractivity contribution in [2.24, 2.45) is 5.92 Å². The van der Waals surface area contributed by atoms with Gasteiger partial charge in [-0.2, -0.15) is 0 Å². The number of hydrogen-bond donors (Lipinski definition) is 0. The molecule has 1 aromatic rings. The van der Waals surface area contributed by atoms with E-state index in [4.69, 9.17) is 16.3 Å². The quantitative estimate of drug-likeness (QED) is 0.752. The summed E-state index contributed by atoms with van der Waals surface area (Å²) in [7, 11) is 1.44. The molecule has 1 saturated carbocycles. The lowest BCUT2D eigenvalue weighted by Crippen LogP contribution is -2.10. The maximum Gasteiger partial charge on any atom is 0.306 e. The fraction of sp³-hybridized carbons (Fsp3) is 0.462. The highest BCUT2D eigenvalue weighted by molar-refractivity contribution is 6.30. The zero-order valence-corrected chi connectivity index (χ0v) is 10.0. The maximum absolute atomic E-state index is 11.3. The number of halogens is 1. The highest BCUT2D eigenvalue weighted by atomic mass is 35.5. The standard InChI is InChI=1S/C13H15ClO2/c1-16-13(15)8-12(9-2-3-9)10-4-6-11(14)7-5-10/h4-7,9,12H,2-3,8H2,1H3/t12-/m0/s1. The molecular weight excluding hydrogens is 224 g/mol. The zero-order chi connectivity index (χ0) is 11.5. The molecule has 1 aliphatic carbocycles. The minimum atomic E-state index is -0.133. The molecule has 1 aliphatic rings. The summed E-state index contributed by atoms with van der Waals surface area (Å²) in [6.07, 6.45) is 2.90. The van der Waals surface area contributed by atoms with Gasteiger partial charge in [-0.1, -0.05) is 23.7 Å². The van der Waals surface area contributed by atoms with E-state index in [1.807, 2.05) is 24.3 Å². The van der Waals surface area contributed by atoms with Gasteiger partial charge in [0.25, 0.3) is 0 Å². The van der Waals surface area contributed by atoms with Gasteiger partial charge in [0.2, 0.25) is 0 Å². The second kappa shape index (κ2) is 4.88. The van der Waals surface area contributed by atoms with Gasteiger partial charge < -0.3 is 4.74 Å². The normalized spacial score (nSPS) is 16.9. The summed E-state index contributed by atoms with van der Waals surface area (Å²) < 4.78 is 4.74. The Morgan fingerprint density at radius 3 is 2.56 bits per heavy atom. The van der Waals surface area contributed by atoms with E-state index >= 15 is 0 Å². The first-order valence-electron chi connectivity index (χ1n) is 5.53. The zero-order valence-electron chi connectivity index (χ0n) is 9.28. The highest BCUT2D eigenvalue weighted by Crippen LogP contribution is 2.44. The summed E-state index contributed by atoms with van der Waals surface area (Å²) in [5, 5.41) is 0.733. The van der Waals surface area contributed by atoms with E-state index in [-0.39, 0.29) is 5.97 Å². The molecule has 0 aromatic heterocycles. The number of esters is 1. The van der Waals surface area contributed by atoms with E-state index in [1.54, 1.807) is 0 Å². The molecule has 0 saturated heterocycles. The molecule has 0 spiro atoms. The minimum absolute atomic E-state index is 0.133. The predicted octanol–water partition coefficient (Wildman–Crippen LogP) is 3.40. The van der Waals surface area contributed by atoms with Crippen molar-refractivity contribution in [1.82, 2.24) is 0 Å². The lowest BCUT2D eigenvalue weighted by molar-refractivity contribution is -0.141. The average Bonchev–Trinajstić information content (AvgIpc) is 3.11. The molecule has 3 heteroatoms. The number of ether oxygens (including phenoxy) is 1. The Morgan fingerprint density at radius 2 is 2.06 bits per heavy atom. The molecule has 0 radical (unpaired) electrons. The molecule has 1 aromatic carbocycles. The Morgan fingerprint density at radius 1 is 1.44 bits per heavy atom. The van der Waals surface area contributed by atoms with Crippen LogP contribution < -0.4 is 0 Å². The van der Waals surface area contributed by atoms with Crippen molar-refractivity contribution in [3.05, 3.63) is 34.9 Å². The Labute approximate surface area is 101 Å². The Balaban J connectivity index is 2.12. The van der Waals surface area contributed by atoms with Crippen LogP contribution >= 0.6 is 11.6 Å². The molecule has 1 atom stereocenters.